The van der Waals surface area contributed by atoms with Crippen LogP contribution in [-0.4, -0.2) is 57.1 Å². The van der Waals surface area contributed by atoms with Crippen LogP contribution in [0.4, 0.5) is 5.69 Å². The fourth-order valence-corrected chi connectivity index (χ4v) is 4.43. The van der Waals surface area contributed by atoms with Crippen molar-refractivity contribution in [1.29, 1.82) is 0 Å². The van der Waals surface area contributed by atoms with Crippen LogP contribution in [0.25, 0.3) is 0 Å². The first-order chi connectivity index (χ1) is 15.8. The molecule has 1 atom stereocenters. The summed E-state index contributed by atoms with van der Waals surface area (Å²) in [6.45, 7) is 4.69. The summed E-state index contributed by atoms with van der Waals surface area (Å²) in [5, 5.41) is 3.44. The van der Waals surface area contributed by atoms with E-state index in [-0.39, 0.29) is 24.2 Å². The minimum absolute atomic E-state index is 0.0198. The minimum atomic E-state index is -3.86. The Morgan fingerprint density at radius 1 is 1.06 bits per heavy atom. The van der Waals surface area contributed by atoms with E-state index < -0.39 is 28.5 Å². The molecule has 8 nitrogen and oxygen atoms in total. The van der Waals surface area contributed by atoms with Gasteiger partial charge in [0.15, 0.2) is 0 Å². The Morgan fingerprint density at radius 2 is 1.71 bits per heavy atom. The van der Waals surface area contributed by atoms with Gasteiger partial charge in [0.05, 0.1) is 29.1 Å². The quantitative estimate of drug-likeness (QED) is 0.506. The summed E-state index contributed by atoms with van der Waals surface area (Å²) in [7, 11) is -2.45. The van der Waals surface area contributed by atoms with Gasteiger partial charge in [-0.15, -0.1) is 0 Å². The zero-order valence-electron chi connectivity index (χ0n) is 19.7. The monoisotopic (exact) mass is 529 g/mol. The first-order valence-corrected chi connectivity index (χ1v) is 13.1. The van der Waals surface area contributed by atoms with Crippen LogP contribution in [0.1, 0.15) is 26.3 Å². The van der Waals surface area contributed by atoms with Crippen molar-refractivity contribution in [3.63, 3.8) is 0 Å². The fourth-order valence-electron chi connectivity index (χ4n) is 3.25. The highest BCUT2D eigenvalue weighted by molar-refractivity contribution is 7.92. The second-order valence-corrected chi connectivity index (χ2v) is 10.8. The highest BCUT2D eigenvalue weighted by Gasteiger charge is 2.31. The number of benzene rings is 2. The van der Waals surface area contributed by atoms with E-state index in [9.17, 15) is 18.0 Å². The van der Waals surface area contributed by atoms with E-state index in [1.165, 1.54) is 12.0 Å². The first kappa shape index (κ1) is 27.8. The molecular weight excluding hydrogens is 501 g/mol. The molecule has 1 N–H and O–H groups in total. The number of amides is 2. The van der Waals surface area contributed by atoms with Crippen molar-refractivity contribution in [3.05, 3.63) is 58.1 Å². The molecular formula is C23H29Cl2N3O5S. The average Bonchev–Trinajstić information content (AvgIpc) is 2.76. The lowest BCUT2D eigenvalue weighted by Crippen LogP contribution is -2.52. The number of carbonyl (C=O) groups is 2. The molecule has 2 aromatic carbocycles. The van der Waals surface area contributed by atoms with Gasteiger partial charge in [0, 0.05) is 12.6 Å². The molecule has 186 valence electrons. The Hall–Kier alpha value is -2.49. The van der Waals surface area contributed by atoms with Crippen LogP contribution in [0.5, 0.6) is 5.75 Å². The SMILES string of the molecule is COc1ccccc1N(CC(=O)N(Cc1ccc(Cl)c(Cl)c1)[C@H](C)C(=O)NC(C)C)S(C)(=O)=O. The van der Waals surface area contributed by atoms with Gasteiger partial charge in [0.1, 0.15) is 18.3 Å². The summed E-state index contributed by atoms with van der Waals surface area (Å²) in [4.78, 5) is 27.6. The number of anilines is 1. The number of methoxy groups -OCH3 is 1. The smallest absolute Gasteiger partial charge is 0.244 e. The molecule has 0 aliphatic rings. The molecule has 0 saturated carbocycles. The number of ether oxygens (including phenoxy) is 1. The molecule has 0 heterocycles. The Labute approximate surface area is 210 Å². The van der Waals surface area contributed by atoms with Crippen molar-refractivity contribution in [2.45, 2.75) is 39.4 Å². The van der Waals surface area contributed by atoms with Gasteiger partial charge in [-0.05, 0) is 50.6 Å². The number of nitrogens with zero attached hydrogens (tertiary/aromatic N) is 2. The minimum Gasteiger partial charge on any atom is -0.495 e. The molecule has 0 unspecified atom stereocenters. The number of hydrogen-bond acceptors (Lipinski definition) is 5. The molecule has 0 radical (unpaired) electrons. The standard InChI is InChI=1S/C23H29Cl2N3O5S/c1-15(2)26-23(30)16(3)27(13-17-10-11-18(24)19(25)12-17)22(29)14-28(34(5,31)32)20-8-6-7-9-21(20)33-4/h6-12,15-16H,13-14H2,1-5H3,(H,26,30)/t16-/m1/s1. The van der Waals surface area contributed by atoms with Crippen LogP contribution in [0, 0.1) is 0 Å². The first-order valence-electron chi connectivity index (χ1n) is 10.5. The van der Waals surface area contributed by atoms with Crippen LogP contribution in [0.2, 0.25) is 10.0 Å². The second kappa shape index (κ2) is 11.8. The summed E-state index contributed by atoms with van der Waals surface area (Å²) in [6, 6.07) is 10.4. The van der Waals surface area contributed by atoms with Gasteiger partial charge in [-0.3, -0.25) is 13.9 Å². The van der Waals surface area contributed by atoms with E-state index in [4.69, 9.17) is 27.9 Å². The lowest BCUT2D eigenvalue weighted by molar-refractivity contribution is -0.139. The van der Waals surface area contributed by atoms with Crippen molar-refractivity contribution >= 4 is 50.7 Å². The Bertz CT molecular complexity index is 1140. The van der Waals surface area contributed by atoms with Gasteiger partial charge in [0.25, 0.3) is 0 Å². The molecule has 0 saturated heterocycles. The molecule has 2 rings (SSSR count). The number of halogens is 2. The van der Waals surface area contributed by atoms with E-state index in [2.05, 4.69) is 5.32 Å². The molecule has 11 heteroatoms. The topological polar surface area (TPSA) is 96.0 Å². The van der Waals surface area contributed by atoms with Gasteiger partial charge in [-0.25, -0.2) is 8.42 Å². The van der Waals surface area contributed by atoms with Crippen molar-refractivity contribution in [2.75, 3.05) is 24.2 Å². The van der Waals surface area contributed by atoms with Gasteiger partial charge in [-0.2, -0.15) is 0 Å². The van der Waals surface area contributed by atoms with Crippen molar-refractivity contribution < 1.29 is 22.7 Å². The van der Waals surface area contributed by atoms with Crippen LogP contribution < -0.4 is 14.4 Å². The van der Waals surface area contributed by atoms with E-state index in [0.717, 1.165) is 10.6 Å². The molecule has 34 heavy (non-hydrogen) atoms. The zero-order valence-corrected chi connectivity index (χ0v) is 22.0. The van der Waals surface area contributed by atoms with E-state index in [0.29, 0.717) is 21.4 Å². The number of nitrogens with one attached hydrogen (secondary N) is 1. The Morgan fingerprint density at radius 3 is 2.26 bits per heavy atom. The molecule has 0 aliphatic carbocycles. The van der Waals surface area contributed by atoms with E-state index in [1.807, 2.05) is 13.8 Å². The summed E-state index contributed by atoms with van der Waals surface area (Å²) >= 11 is 12.1. The molecule has 0 fully saturated rings. The highest BCUT2D eigenvalue weighted by Crippen LogP contribution is 2.30. The van der Waals surface area contributed by atoms with Crippen molar-refractivity contribution in [1.82, 2.24) is 10.2 Å². The van der Waals surface area contributed by atoms with E-state index >= 15 is 0 Å². The number of rotatable bonds is 10. The third-order valence-corrected chi connectivity index (χ3v) is 6.83. The summed E-state index contributed by atoms with van der Waals surface area (Å²) < 4.78 is 31.5. The van der Waals surface area contributed by atoms with Crippen LogP contribution in [0.15, 0.2) is 42.5 Å². The maximum atomic E-state index is 13.5. The third kappa shape index (κ3) is 7.25. The zero-order chi connectivity index (χ0) is 25.6. The second-order valence-electron chi connectivity index (χ2n) is 8.05. The molecule has 0 spiro atoms. The van der Waals surface area contributed by atoms with E-state index in [1.54, 1.807) is 49.4 Å². The molecule has 0 aliphatic heterocycles. The number of carbonyl (C=O) groups excluding carboxylic acids is 2. The number of sulfonamides is 1. The maximum Gasteiger partial charge on any atom is 0.244 e. The summed E-state index contributed by atoms with van der Waals surface area (Å²) in [5.74, 6) is -0.650. The highest BCUT2D eigenvalue weighted by atomic mass is 35.5. The predicted molar refractivity (Wildman–Crippen MR) is 135 cm³/mol. The molecule has 0 bridgehead atoms. The normalized spacial score (nSPS) is 12.2. The average molecular weight is 530 g/mol. The van der Waals surface area contributed by atoms with Gasteiger partial charge in [0.2, 0.25) is 21.8 Å². The van der Waals surface area contributed by atoms with Crippen LogP contribution in [0.3, 0.4) is 0 Å². The van der Waals surface area contributed by atoms with Crippen molar-refractivity contribution in [3.8, 4) is 5.75 Å². The van der Waals surface area contributed by atoms with Crippen molar-refractivity contribution in [2.24, 2.45) is 0 Å². The predicted octanol–water partition coefficient (Wildman–Crippen LogP) is 3.71. The molecule has 2 amide bonds. The lowest BCUT2D eigenvalue weighted by atomic mass is 10.1. The number of hydrogen-bond donors (Lipinski definition) is 1. The van der Waals surface area contributed by atoms with Gasteiger partial charge in [-0.1, -0.05) is 41.4 Å². The van der Waals surface area contributed by atoms with Gasteiger partial charge < -0.3 is 15.0 Å². The Balaban J connectivity index is 2.45. The largest absolute Gasteiger partial charge is 0.495 e. The maximum absolute atomic E-state index is 13.5. The lowest BCUT2D eigenvalue weighted by Gasteiger charge is -2.32. The fraction of sp³-hybridized carbons (Fsp3) is 0.391. The molecule has 0 aromatic heterocycles. The molecule has 2 aromatic rings. The van der Waals surface area contributed by atoms with Gasteiger partial charge >= 0.3 is 0 Å². The summed E-state index contributed by atoms with van der Waals surface area (Å²) in [5.41, 5.74) is 0.852. The number of para-hydroxylation sites is 2. The summed E-state index contributed by atoms with van der Waals surface area (Å²) in [6.07, 6.45) is 1.00. The third-order valence-electron chi connectivity index (χ3n) is 4.97. The Kier molecular flexibility index (Phi) is 9.61. The van der Waals surface area contributed by atoms with Crippen LogP contribution in [-0.2, 0) is 26.2 Å². The van der Waals surface area contributed by atoms with Crippen LogP contribution >= 0.6 is 23.2 Å².